The van der Waals surface area contributed by atoms with Crippen LogP contribution in [-0.2, 0) is 0 Å². The van der Waals surface area contributed by atoms with Crippen LogP contribution in [0.5, 0.6) is 5.75 Å². The third-order valence-electron chi connectivity index (χ3n) is 2.38. The van der Waals surface area contributed by atoms with Crippen LogP contribution in [0.3, 0.4) is 0 Å². The first-order chi connectivity index (χ1) is 7.80. The highest BCUT2D eigenvalue weighted by molar-refractivity contribution is 9.09. The van der Waals surface area contributed by atoms with Crippen molar-refractivity contribution < 1.29 is 22.3 Å². The Morgan fingerprint density at radius 1 is 1.29 bits per heavy atom. The van der Waals surface area contributed by atoms with Gasteiger partial charge in [0.1, 0.15) is 10.6 Å². The van der Waals surface area contributed by atoms with Gasteiger partial charge in [-0.1, -0.05) is 22.0 Å². The average molecular weight is 315 g/mol. The van der Waals surface area contributed by atoms with Crippen LogP contribution in [0, 0.1) is 6.92 Å². The van der Waals surface area contributed by atoms with Gasteiger partial charge in [0.05, 0.1) is 7.11 Å². The molecular weight excluding hydrogens is 304 g/mol. The van der Waals surface area contributed by atoms with Gasteiger partial charge in [0.15, 0.2) is 0 Å². The van der Waals surface area contributed by atoms with Crippen molar-refractivity contribution in [2.75, 3.05) is 7.11 Å². The summed E-state index contributed by atoms with van der Waals surface area (Å²) in [6, 6.07) is 4.33. The van der Waals surface area contributed by atoms with Gasteiger partial charge in [-0.2, -0.15) is 8.78 Å². The summed E-state index contributed by atoms with van der Waals surface area (Å²) < 4.78 is 55.7. The lowest BCUT2D eigenvalue weighted by molar-refractivity contribution is -0.127. The monoisotopic (exact) mass is 314 g/mol. The zero-order valence-electron chi connectivity index (χ0n) is 9.18. The SMILES string of the molecule is COc1ccc(C(Br)C(F)(F)C(F)F)c(C)c1. The highest BCUT2D eigenvalue weighted by atomic mass is 79.9. The Bertz CT molecular complexity index is 395. The molecule has 0 N–H and O–H groups in total. The van der Waals surface area contributed by atoms with Gasteiger partial charge >= 0.3 is 12.3 Å². The summed E-state index contributed by atoms with van der Waals surface area (Å²) in [4.78, 5) is -1.72. The lowest BCUT2D eigenvalue weighted by Gasteiger charge is -2.23. The first-order valence-corrected chi connectivity index (χ1v) is 5.66. The van der Waals surface area contributed by atoms with Gasteiger partial charge in [0.2, 0.25) is 0 Å². The van der Waals surface area contributed by atoms with Crippen molar-refractivity contribution in [3.05, 3.63) is 29.3 Å². The second kappa shape index (κ2) is 5.25. The Balaban J connectivity index is 3.08. The van der Waals surface area contributed by atoms with Gasteiger partial charge < -0.3 is 4.74 Å². The van der Waals surface area contributed by atoms with E-state index < -0.39 is 17.2 Å². The number of halogens is 5. The molecule has 0 aliphatic rings. The summed E-state index contributed by atoms with van der Waals surface area (Å²) in [6.45, 7) is 1.56. The summed E-state index contributed by atoms with van der Waals surface area (Å²) in [5, 5.41) is 0. The highest BCUT2D eigenvalue weighted by Crippen LogP contribution is 2.44. The maximum Gasteiger partial charge on any atom is 0.323 e. The molecule has 96 valence electrons. The molecule has 0 radical (unpaired) electrons. The quantitative estimate of drug-likeness (QED) is 0.593. The molecule has 6 heteroatoms. The highest BCUT2D eigenvalue weighted by Gasteiger charge is 2.48. The third kappa shape index (κ3) is 2.91. The number of hydrogen-bond acceptors (Lipinski definition) is 1. The molecule has 0 bridgehead atoms. The average Bonchev–Trinajstić information content (AvgIpc) is 2.27. The molecule has 0 saturated carbocycles. The predicted octanol–water partition coefficient (Wildman–Crippen LogP) is 4.34. The summed E-state index contributed by atoms with van der Waals surface area (Å²) in [5.41, 5.74) is 0.586. The number of rotatable bonds is 4. The number of ether oxygens (including phenoxy) is 1. The molecule has 17 heavy (non-hydrogen) atoms. The van der Waals surface area contributed by atoms with Gasteiger partial charge in [-0.3, -0.25) is 0 Å². The van der Waals surface area contributed by atoms with Crippen molar-refractivity contribution in [1.82, 2.24) is 0 Å². The van der Waals surface area contributed by atoms with Crippen LogP contribution in [0.15, 0.2) is 18.2 Å². The molecule has 0 spiro atoms. The van der Waals surface area contributed by atoms with Gasteiger partial charge in [-0.25, -0.2) is 8.78 Å². The number of alkyl halides is 5. The minimum atomic E-state index is -4.11. The molecule has 0 fully saturated rings. The lowest BCUT2D eigenvalue weighted by atomic mass is 10.0. The molecule has 1 aromatic carbocycles. The Kier molecular flexibility index (Phi) is 4.41. The first kappa shape index (κ1) is 14.3. The number of methoxy groups -OCH3 is 1. The maximum atomic E-state index is 13.2. The van der Waals surface area contributed by atoms with E-state index in [1.165, 1.54) is 25.3 Å². The Morgan fingerprint density at radius 2 is 1.88 bits per heavy atom. The number of aryl methyl sites for hydroxylation is 1. The van der Waals surface area contributed by atoms with Crippen molar-refractivity contribution in [2.24, 2.45) is 0 Å². The van der Waals surface area contributed by atoms with Gasteiger partial charge in [0.25, 0.3) is 0 Å². The third-order valence-corrected chi connectivity index (χ3v) is 3.48. The maximum absolute atomic E-state index is 13.2. The van der Waals surface area contributed by atoms with E-state index in [9.17, 15) is 17.6 Å². The van der Waals surface area contributed by atoms with Crippen molar-refractivity contribution in [3.63, 3.8) is 0 Å². The van der Waals surface area contributed by atoms with Crippen LogP contribution >= 0.6 is 15.9 Å². The van der Waals surface area contributed by atoms with E-state index in [0.717, 1.165) is 0 Å². The van der Waals surface area contributed by atoms with E-state index in [0.29, 0.717) is 11.3 Å². The molecule has 1 rings (SSSR count). The minimum Gasteiger partial charge on any atom is -0.497 e. The molecule has 1 aromatic rings. The summed E-state index contributed by atoms with van der Waals surface area (Å²) >= 11 is 2.63. The predicted molar refractivity (Wildman–Crippen MR) is 60.4 cm³/mol. The molecule has 1 atom stereocenters. The molecule has 1 unspecified atom stereocenters. The van der Waals surface area contributed by atoms with Crippen LogP contribution < -0.4 is 4.74 Å². The van der Waals surface area contributed by atoms with E-state index in [1.807, 2.05) is 0 Å². The molecule has 0 aliphatic carbocycles. The molecule has 0 heterocycles. The fraction of sp³-hybridized carbons (Fsp3) is 0.455. The van der Waals surface area contributed by atoms with Crippen LogP contribution in [0.25, 0.3) is 0 Å². The molecule has 1 nitrogen and oxygen atoms in total. The molecule has 0 aliphatic heterocycles. The Hall–Kier alpha value is -0.780. The standard InChI is InChI=1S/C11H11BrF4O/c1-6-5-7(17-2)3-4-8(6)9(12)11(15,16)10(13)14/h3-5,9-10H,1-2H3. The van der Waals surface area contributed by atoms with E-state index in [4.69, 9.17) is 4.74 Å². The fourth-order valence-corrected chi connectivity index (χ4v) is 2.09. The first-order valence-electron chi connectivity index (χ1n) is 4.75. The summed E-state index contributed by atoms with van der Waals surface area (Å²) in [7, 11) is 1.44. The van der Waals surface area contributed by atoms with Crippen LogP contribution in [0.4, 0.5) is 17.6 Å². The zero-order valence-corrected chi connectivity index (χ0v) is 10.8. The van der Waals surface area contributed by atoms with E-state index in [-0.39, 0.29) is 5.56 Å². The fourth-order valence-electron chi connectivity index (χ4n) is 1.38. The van der Waals surface area contributed by atoms with Crippen LogP contribution in [0.2, 0.25) is 0 Å². The number of benzene rings is 1. The summed E-state index contributed by atoms with van der Waals surface area (Å²) in [5.74, 6) is -3.62. The van der Waals surface area contributed by atoms with E-state index in [2.05, 4.69) is 15.9 Å². The second-order valence-electron chi connectivity index (χ2n) is 3.56. The minimum absolute atomic E-state index is 0.121. The normalized spacial score (nSPS) is 13.9. The molecule has 0 saturated heterocycles. The summed E-state index contributed by atoms with van der Waals surface area (Å²) in [6.07, 6.45) is -3.71. The zero-order chi connectivity index (χ0) is 13.2. The van der Waals surface area contributed by atoms with Crippen molar-refractivity contribution >= 4 is 15.9 Å². The van der Waals surface area contributed by atoms with E-state index in [1.54, 1.807) is 6.92 Å². The van der Waals surface area contributed by atoms with Gasteiger partial charge in [0, 0.05) is 0 Å². The molecular formula is C11H11BrF4O. The lowest BCUT2D eigenvalue weighted by Crippen LogP contribution is -2.31. The Morgan fingerprint density at radius 3 is 2.29 bits per heavy atom. The Labute approximate surface area is 105 Å². The second-order valence-corrected chi connectivity index (χ2v) is 4.48. The van der Waals surface area contributed by atoms with E-state index >= 15 is 0 Å². The van der Waals surface area contributed by atoms with Crippen molar-refractivity contribution in [2.45, 2.75) is 24.1 Å². The van der Waals surface area contributed by atoms with Gasteiger partial charge in [-0.05, 0) is 30.2 Å². The van der Waals surface area contributed by atoms with Crippen LogP contribution in [0.1, 0.15) is 16.0 Å². The number of hydrogen-bond donors (Lipinski definition) is 0. The largest absolute Gasteiger partial charge is 0.497 e. The van der Waals surface area contributed by atoms with Crippen molar-refractivity contribution in [3.8, 4) is 5.75 Å². The molecule has 0 aromatic heterocycles. The smallest absolute Gasteiger partial charge is 0.323 e. The topological polar surface area (TPSA) is 9.23 Å². The molecule has 0 amide bonds. The van der Waals surface area contributed by atoms with Gasteiger partial charge in [-0.15, -0.1) is 0 Å². The van der Waals surface area contributed by atoms with Crippen LogP contribution in [-0.4, -0.2) is 19.5 Å². The van der Waals surface area contributed by atoms with Crippen molar-refractivity contribution in [1.29, 1.82) is 0 Å².